The summed E-state index contributed by atoms with van der Waals surface area (Å²) >= 11 is 11.2. The smallest absolute Gasteiger partial charge is 0.107 e. The second-order valence-electron chi connectivity index (χ2n) is 4.19. The molecule has 0 spiro atoms. The van der Waals surface area contributed by atoms with E-state index in [2.05, 4.69) is 10.4 Å². The molecule has 92 valence electrons. The van der Waals surface area contributed by atoms with Crippen molar-refractivity contribution >= 4 is 34.5 Å². The van der Waals surface area contributed by atoms with Gasteiger partial charge in [-0.25, -0.2) is 5.01 Å². The fraction of sp³-hybridized carbons (Fsp3) is 0.417. The third-order valence-corrected chi connectivity index (χ3v) is 3.41. The Labute approximate surface area is 112 Å². The molecule has 0 aromatic heterocycles. The van der Waals surface area contributed by atoms with Crippen LogP contribution in [0.2, 0.25) is 5.02 Å². The van der Waals surface area contributed by atoms with Gasteiger partial charge in [-0.15, -0.1) is 0 Å². The molecule has 0 unspecified atom stereocenters. The van der Waals surface area contributed by atoms with Crippen LogP contribution in [-0.2, 0) is 0 Å². The molecule has 0 bridgehead atoms. The fourth-order valence-electron chi connectivity index (χ4n) is 2.04. The summed E-state index contributed by atoms with van der Waals surface area (Å²) < 4.78 is 0. The van der Waals surface area contributed by atoms with Gasteiger partial charge in [0.15, 0.2) is 0 Å². The summed E-state index contributed by atoms with van der Waals surface area (Å²) in [4.78, 5) is 0.329. The molecule has 0 atom stereocenters. The first kappa shape index (κ1) is 12.6. The maximum Gasteiger partial charge on any atom is 0.107 e. The van der Waals surface area contributed by atoms with E-state index in [1.165, 1.54) is 19.3 Å². The van der Waals surface area contributed by atoms with E-state index in [4.69, 9.17) is 29.6 Å². The Balaban J connectivity index is 2.19. The van der Waals surface area contributed by atoms with Crippen LogP contribution in [0.25, 0.3) is 0 Å². The average Bonchev–Trinajstić information content (AvgIpc) is 2.30. The molecule has 0 radical (unpaired) electrons. The summed E-state index contributed by atoms with van der Waals surface area (Å²) in [6.45, 7) is 2.09. The van der Waals surface area contributed by atoms with Gasteiger partial charge < -0.3 is 11.2 Å². The van der Waals surface area contributed by atoms with Crippen LogP contribution < -0.4 is 11.2 Å². The van der Waals surface area contributed by atoms with Crippen LogP contribution in [0, 0.1) is 0 Å². The number of anilines is 1. The van der Waals surface area contributed by atoms with E-state index < -0.39 is 0 Å². The number of halogens is 1. The van der Waals surface area contributed by atoms with Crippen molar-refractivity contribution in [2.45, 2.75) is 19.3 Å². The Morgan fingerprint density at radius 3 is 2.65 bits per heavy atom. The summed E-state index contributed by atoms with van der Waals surface area (Å²) in [5.74, 6) is 0. The van der Waals surface area contributed by atoms with Crippen molar-refractivity contribution in [2.75, 3.05) is 18.5 Å². The first-order chi connectivity index (χ1) is 8.18. The molecular weight excluding hydrogens is 254 g/mol. The summed E-state index contributed by atoms with van der Waals surface area (Å²) in [6.07, 6.45) is 3.74. The predicted octanol–water partition coefficient (Wildman–Crippen LogP) is 2.79. The third kappa shape index (κ3) is 3.09. The van der Waals surface area contributed by atoms with Crippen LogP contribution in [-0.4, -0.2) is 23.1 Å². The lowest BCUT2D eigenvalue weighted by Gasteiger charge is -2.28. The second kappa shape index (κ2) is 5.67. The minimum Gasteiger partial charge on any atom is -0.389 e. The summed E-state index contributed by atoms with van der Waals surface area (Å²) in [5, 5.41) is 2.79. The molecule has 1 aromatic carbocycles. The number of benzene rings is 1. The number of thiocarbonyl (C=S) groups is 1. The number of piperidine rings is 1. The highest BCUT2D eigenvalue weighted by Gasteiger charge is 2.14. The van der Waals surface area contributed by atoms with Crippen LogP contribution in [0.5, 0.6) is 0 Å². The standard InChI is InChI=1S/C12H16ClN3S/c13-9-5-4-6-10(11(9)12(14)17)15-16-7-2-1-3-8-16/h4-6,15H,1-3,7-8H2,(H2,14,17). The van der Waals surface area contributed by atoms with Gasteiger partial charge in [-0.05, 0) is 25.0 Å². The van der Waals surface area contributed by atoms with Gasteiger partial charge in [0, 0.05) is 13.1 Å². The summed E-state index contributed by atoms with van der Waals surface area (Å²) in [6, 6.07) is 5.66. The van der Waals surface area contributed by atoms with E-state index in [0.29, 0.717) is 10.0 Å². The average molecular weight is 270 g/mol. The lowest BCUT2D eigenvalue weighted by molar-refractivity contribution is 0.273. The monoisotopic (exact) mass is 269 g/mol. The molecule has 1 aliphatic heterocycles. The zero-order chi connectivity index (χ0) is 12.3. The van der Waals surface area contributed by atoms with E-state index in [0.717, 1.165) is 24.3 Å². The molecule has 0 saturated carbocycles. The van der Waals surface area contributed by atoms with E-state index in [1.807, 2.05) is 12.1 Å². The second-order valence-corrected chi connectivity index (χ2v) is 5.03. The number of hydrogen-bond donors (Lipinski definition) is 2. The number of rotatable bonds is 3. The van der Waals surface area contributed by atoms with E-state index in [9.17, 15) is 0 Å². The maximum atomic E-state index is 6.12. The van der Waals surface area contributed by atoms with E-state index >= 15 is 0 Å². The van der Waals surface area contributed by atoms with Gasteiger partial charge in [0.1, 0.15) is 4.99 Å². The molecule has 1 saturated heterocycles. The Kier molecular flexibility index (Phi) is 4.20. The molecule has 3 nitrogen and oxygen atoms in total. The van der Waals surface area contributed by atoms with Gasteiger partial charge in [-0.2, -0.15) is 0 Å². The van der Waals surface area contributed by atoms with Gasteiger partial charge >= 0.3 is 0 Å². The quantitative estimate of drug-likeness (QED) is 0.828. The van der Waals surface area contributed by atoms with Crippen LogP contribution >= 0.6 is 23.8 Å². The minimum absolute atomic E-state index is 0.329. The Morgan fingerprint density at radius 2 is 2.00 bits per heavy atom. The number of hydrazine groups is 1. The topological polar surface area (TPSA) is 41.3 Å². The van der Waals surface area contributed by atoms with Crippen LogP contribution in [0.3, 0.4) is 0 Å². The van der Waals surface area contributed by atoms with Crippen molar-refractivity contribution in [2.24, 2.45) is 5.73 Å². The third-order valence-electron chi connectivity index (χ3n) is 2.89. The SMILES string of the molecule is NC(=S)c1c(Cl)cccc1NN1CCCCC1. The molecule has 1 heterocycles. The van der Waals surface area contributed by atoms with Crippen molar-refractivity contribution in [1.82, 2.24) is 5.01 Å². The summed E-state index contributed by atoms with van der Waals surface area (Å²) in [7, 11) is 0. The molecule has 17 heavy (non-hydrogen) atoms. The highest BCUT2D eigenvalue weighted by atomic mass is 35.5. The minimum atomic E-state index is 0.329. The highest BCUT2D eigenvalue weighted by Crippen LogP contribution is 2.25. The van der Waals surface area contributed by atoms with E-state index in [1.54, 1.807) is 6.07 Å². The van der Waals surface area contributed by atoms with E-state index in [-0.39, 0.29) is 0 Å². The van der Waals surface area contributed by atoms with Gasteiger partial charge in [-0.1, -0.05) is 36.3 Å². The highest BCUT2D eigenvalue weighted by molar-refractivity contribution is 7.80. The predicted molar refractivity (Wildman–Crippen MR) is 76.4 cm³/mol. The lowest BCUT2D eigenvalue weighted by Crippen LogP contribution is -2.35. The van der Waals surface area contributed by atoms with Crippen molar-refractivity contribution in [3.05, 3.63) is 28.8 Å². The first-order valence-electron chi connectivity index (χ1n) is 5.78. The Bertz CT molecular complexity index is 416. The fourth-order valence-corrected chi connectivity index (χ4v) is 2.60. The normalized spacial score (nSPS) is 16.8. The Morgan fingerprint density at radius 1 is 1.29 bits per heavy atom. The molecule has 0 amide bonds. The van der Waals surface area contributed by atoms with Gasteiger partial charge in [-0.3, -0.25) is 0 Å². The van der Waals surface area contributed by atoms with Crippen molar-refractivity contribution < 1.29 is 0 Å². The van der Waals surface area contributed by atoms with Gasteiger partial charge in [0.05, 0.1) is 16.3 Å². The number of hydrogen-bond acceptors (Lipinski definition) is 3. The lowest BCUT2D eigenvalue weighted by atomic mass is 10.1. The Hall–Kier alpha value is -0.840. The molecular formula is C12H16ClN3S. The number of nitrogens with two attached hydrogens (primary N) is 1. The van der Waals surface area contributed by atoms with Crippen molar-refractivity contribution in [3.8, 4) is 0 Å². The molecule has 2 rings (SSSR count). The molecule has 1 aliphatic rings. The maximum absolute atomic E-state index is 6.12. The number of nitrogens with zero attached hydrogens (tertiary/aromatic N) is 1. The molecule has 5 heteroatoms. The zero-order valence-corrected chi connectivity index (χ0v) is 11.2. The molecule has 3 N–H and O–H groups in total. The summed E-state index contributed by atoms with van der Waals surface area (Å²) in [5.41, 5.74) is 10.7. The van der Waals surface area contributed by atoms with Crippen molar-refractivity contribution in [1.29, 1.82) is 0 Å². The van der Waals surface area contributed by atoms with Crippen LogP contribution in [0.4, 0.5) is 5.69 Å². The largest absolute Gasteiger partial charge is 0.389 e. The molecule has 1 fully saturated rings. The van der Waals surface area contributed by atoms with Gasteiger partial charge in [0.2, 0.25) is 0 Å². The molecule has 0 aliphatic carbocycles. The van der Waals surface area contributed by atoms with Crippen LogP contribution in [0.15, 0.2) is 18.2 Å². The zero-order valence-electron chi connectivity index (χ0n) is 9.58. The molecule has 1 aromatic rings. The number of nitrogens with one attached hydrogen (secondary N) is 1. The van der Waals surface area contributed by atoms with Gasteiger partial charge in [0.25, 0.3) is 0 Å². The van der Waals surface area contributed by atoms with Crippen molar-refractivity contribution in [3.63, 3.8) is 0 Å². The first-order valence-corrected chi connectivity index (χ1v) is 6.57. The van der Waals surface area contributed by atoms with Crippen LogP contribution in [0.1, 0.15) is 24.8 Å².